The maximum atomic E-state index is 11.9. The lowest BCUT2D eigenvalue weighted by Gasteiger charge is -2.06. The Hall–Kier alpha value is -1.78. The van der Waals surface area contributed by atoms with Gasteiger partial charge in [-0.2, -0.15) is 0 Å². The molecule has 0 heterocycles. The summed E-state index contributed by atoms with van der Waals surface area (Å²) in [5, 5.41) is 3.44. The number of halogens is 2. The second-order valence-corrected chi connectivity index (χ2v) is 5.85. The number of methoxy groups -OCH3 is 1. The molecule has 22 heavy (non-hydrogen) atoms. The fourth-order valence-corrected chi connectivity index (χ4v) is 2.47. The third kappa shape index (κ3) is 4.61. The maximum absolute atomic E-state index is 11.9. The molecule has 0 spiro atoms. The van der Waals surface area contributed by atoms with Gasteiger partial charge >= 0.3 is 0 Å². The van der Waals surface area contributed by atoms with Crippen molar-refractivity contribution in [3.8, 4) is 5.75 Å². The molecule has 1 amide bonds. The quantitative estimate of drug-likeness (QED) is 0.779. The van der Waals surface area contributed by atoms with Gasteiger partial charge in [-0.15, -0.1) is 0 Å². The van der Waals surface area contributed by atoms with E-state index < -0.39 is 0 Å². The highest BCUT2D eigenvalue weighted by Gasteiger charge is 2.03. The number of nitrogens with one attached hydrogen (secondary N) is 1. The Bertz CT molecular complexity index is 701. The summed E-state index contributed by atoms with van der Waals surface area (Å²) >= 11 is 9.44. The third-order valence-electron chi connectivity index (χ3n) is 3.02. The second-order valence-electron chi connectivity index (χ2n) is 4.53. The van der Waals surface area contributed by atoms with Crippen LogP contribution < -0.4 is 10.1 Å². The molecule has 2 rings (SSSR count). The van der Waals surface area contributed by atoms with Gasteiger partial charge in [0.05, 0.1) is 7.11 Å². The van der Waals surface area contributed by atoms with E-state index in [9.17, 15) is 4.79 Å². The SMILES string of the molecule is COc1ccc(Br)cc1/C=C/C(=O)NCc1ccccc1Cl. The molecule has 0 aliphatic carbocycles. The van der Waals surface area contributed by atoms with Crippen molar-refractivity contribution in [3.63, 3.8) is 0 Å². The normalized spacial score (nSPS) is 10.7. The molecule has 2 aromatic rings. The van der Waals surface area contributed by atoms with Crippen LogP contribution in [0.4, 0.5) is 0 Å². The molecule has 2 aromatic carbocycles. The van der Waals surface area contributed by atoms with Crippen LogP contribution in [0.25, 0.3) is 6.08 Å². The Morgan fingerprint density at radius 1 is 1.32 bits per heavy atom. The molecule has 0 aliphatic heterocycles. The summed E-state index contributed by atoms with van der Waals surface area (Å²) in [5.41, 5.74) is 1.70. The first-order valence-electron chi connectivity index (χ1n) is 6.63. The van der Waals surface area contributed by atoms with Gasteiger partial charge in [0.1, 0.15) is 5.75 Å². The molecule has 0 saturated heterocycles. The van der Waals surface area contributed by atoms with Crippen LogP contribution in [0.5, 0.6) is 5.75 Å². The van der Waals surface area contributed by atoms with E-state index in [1.165, 1.54) is 6.08 Å². The molecule has 0 bridgehead atoms. The zero-order chi connectivity index (χ0) is 15.9. The summed E-state index contributed by atoms with van der Waals surface area (Å²) < 4.78 is 6.18. The molecule has 0 aromatic heterocycles. The number of amides is 1. The average Bonchev–Trinajstić information content (AvgIpc) is 2.52. The van der Waals surface area contributed by atoms with E-state index in [4.69, 9.17) is 16.3 Å². The number of ether oxygens (including phenoxy) is 1. The Kier molecular flexibility index (Phi) is 6.04. The van der Waals surface area contributed by atoms with Gasteiger partial charge in [0.25, 0.3) is 0 Å². The molecule has 0 atom stereocenters. The van der Waals surface area contributed by atoms with Gasteiger partial charge in [0.15, 0.2) is 0 Å². The second kappa shape index (κ2) is 8.01. The molecule has 0 saturated carbocycles. The predicted octanol–water partition coefficient (Wildman–Crippen LogP) is 4.44. The fourth-order valence-electron chi connectivity index (χ4n) is 1.88. The Balaban J connectivity index is 2.00. The number of hydrogen-bond donors (Lipinski definition) is 1. The van der Waals surface area contributed by atoms with Gasteiger partial charge < -0.3 is 10.1 Å². The number of carbonyl (C=O) groups excluding carboxylic acids is 1. The van der Waals surface area contributed by atoms with E-state index in [0.29, 0.717) is 17.3 Å². The summed E-state index contributed by atoms with van der Waals surface area (Å²) in [6, 6.07) is 13.0. The zero-order valence-electron chi connectivity index (χ0n) is 12.0. The van der Waals surface area contributed by atoms with Gasteiger partial charge in [-0.25, -0.2) is 0 Å². The van der Waals surface area contributed by atoms with Crippen LogP contribution >= 0.6 is 27.5 Å². The lowest BCUT2D eigenvalue weighted by Crippen LogP contribution is -2.20. The van der Waals surface area contributed by atoms with Crippen LogP contribution in [-0.4, -0.2) is 13.0 Å². The maximum Gasteiger partial charge on any atom is 0.244 e. The van der Waals surface area contributed by atoms with Gasteiger partial charge in [0.2, 0.25) is 5.91 Å². The van der Waals surface area contributed by atoms with Crippen molar-refractivity contribution >= 4 is 39.5 Å². The lowest BCUT2D eigenvalue weighted by molar-refractivity contribution is -0.116. The first kappa shape index (κ1) is 16.6. The smallest absolute Gasteiger partial charge is 0.244 e. The van der Waals surface area contributed by atoms with E-state index in [1.807, 2.05) is 36.4 Å². The summed E-state index contributed by atoms with van der Waals surface area (Å²) in [6.07, 6.45) is 3.19. The molecular weight excluding hydrogens is 366 g/mol. The van der Waals surface area contributed by atoms with Crippen molar-refractivity contribution in [1.29, 1.82) is 0 Å². The third-order valence-corrected chi connectivity index (χ3v) is 3.88. The van der Waals surface area contributed by atoms with Crippen LogP contribution in [0.1, 0.15) is 11.1 Å². The number of rotatable bonds is 5. The molecular formula is C17H15BrClNO2. The Labute approximate surface area is 143 Å². The average molecular weight is 381 g/mol. The first-order valence-corrected chi connectivity index (χ1v) is 7.80. The Morgan fingerprint density at radius 3 is 2.82 bits per heavy atom. The van der Waals surface area contributed by atoms with Gasteiger partial charge in [0, 0.05) is 27.7 Å². The summed E-state index contributed by atoms with van der Waals surface area (Å²) in [4.78, 5) is 11.9. The molecule has 0 fully saturated rings. The standard InChI is InChI=1S/C17H15BrClNO2/c1-22-16-8-7-14(18)10-12(16)6-9-17(21)20-11-13-4-2-3-5-15(13)19/h2-10H,11H2,1H3,(H,20,21)/b9-6+. The van der Waals surface area contributed by atoms with Crippen molar-refractivity contribution in [1.82, 2.24) is 5.32 Å². The molecule has 0 unspecified atom stereocenters. The van der Waals surface area contributed by atoms with Gasteiger partial charge in [-0.1, -0.05) is 45.7 Å². The van der Waals surface area contributed by atoms with Crippen molar-refractivity contribution in [2.24, 2.45) is 0 Å². The van der Waals surface area contributed by atoms with Crippen LogP contribution in [0.3, 0.4) is 0 Å². The van der Waals surface area contributed by atoms with E-state index in [-0.39, 0.29) is 5.91 Å². The lowest BCUT2D eigenvalue weighted by atomic mass is 10.2. The molecule has 0 aliphatic rings. The molecule has 5 heteroatoms. The van der Waals surface area contributed by atoms with E-state index in [1.54, 1.807) is 19.3 Å². The topological polar surface area (TPSA) is 38.3 Å². The summed E-state index contributed by atoms with van der Waals surface area (Å²) in [7, 11) is 1.60. The highest BCUT2D eigenvalue weighted by Crippen LogP contribution is 2.24. The van der Waals surface area contributed by atoms with E-state index >= 15 is 0 Å². The van der Waals surface area contributed by atoms with Crippen LogP contribution in [0, 0.1) is 0 Å². The van der Waals surface area contributed by atoms with Gasteiger partial charge in [-0.05, 0) is 35.9 Å². The van der Waals surface area contributed by atoms with Crippen LogP contribution in [-0.2, 0) is 11.3 Å². The number of carbonyl (C=O) groups is 1. The summed E-state index contributed by atoms with van der Waals surface area (Å²) in [5.74, 6) is 0.514. The van der Waals surface area contributed by atoms with Crippen molar-refractivity contribution in [3.05, 3.63) is 69.2 Å². The molecule has 114 valence electrons. The monoisotopic (exact) mass is 379 g/mol. The van der Waals surface area contributed by atoms with Crippen LogP contribution in [0.2, 0.25) is 5.02 Å². The number of benzene rings is 2. The van der Waals surface area contributed by atoms with Crippen molar-refractivity contribution in [2.45, 2.75) is 6.54 Å². The highest BCUT2D eigenvalue weighted by atomic mass is 79.9. The Morgan fingerprint density at radius 2 is 2.09 bits per heavy atom. The molecule has 1 N–H and O–H groups in total. The zero-order valence-corrected chi connectivity index (χ0v) is 14.3. The van der Waals surface area contributed by atoms with Crippen molar-refractivity contribution < 1.29 is 9.53 Å². The minimum Gasteiger partial charge on any atom is -0.496 e. The highest BCUT2D eigenvalue weighted by molar-refractivity contribution is 9.10. The first-order chi connectivity index (χ1) is 10.6. The predicted molar refractivity (Wildman–Crippen MR) is 93.0 cm³/mol. The van der Waals surface area contributed by atoms with Crippen LogP contribution in [0.15, 0.2) is 53.0 Å². The van der Waals surface area contributed by atoms with E-state index in [2.05, 4.69) is 21.2 Å². The minimum absolute atomic E-state index is 0.193. The van der Waals surface area contributed by atoms with Crippen molar-refractivity contribution in [2.75, 3.05) is 7.11 Å². The van der Waals surface area contributed by atoms with Gasteiger partial charge in [-0.3, -0.25) is 4.79 Å². The molecule has 3 nitrogen and oxygen atoms in total. The molecule has 0 radical (unpaired) electrons. The van der Waals surface area contributed by atoms with E-state index in [0.717, 1.165) is 15.6 Å². The largest absolute Gasteiger partial charge is 0.496 e. The number of hydrogen-bond acceptors (Lipinski definition) is 2. The summed E-state index contributed by atoms with van der Waals surface area (Å²) in [6.45, 7) is 0.387. The fraction of sp³-hybridized carbons (Fsp3) is 0.118. The minimum atomic E-state index is -0.193.